The normalized spacial score (nSPS) is 20.3. The SMILES string of the molecule is CC1CN(C)c2c(cccc2C(F)(F)F)N1. The van der Waals surface area contributed by atoms with E-state index in [1.807, 2.05) is 6.92 Å². The van der Waals surface area contributed by atoms with Gasteiger partial charge in [0.25, 0.3) is 0 Å². The van der Waals surface area contributed by atoms with E-state index in [0.717, 1.165) is 6.07 Å². The minimum Gasteiger partial charge on any atom is -0.379 e. The summed E-state index contributed by atoms with van der Waals surface area (Å²) in [7, 11) is 1.69. The highest BCUT2D eigenvalue weighted by Crippen LogP contribution is 2.42. The zero-order chi connectivity index (χ0) is 11.9. The Morgan fingerprint density at radius 3 is 2.69 bits per heavy atom. The van der Waals surface area contributed by atoms with Gasteiger partial charge in [0, 0.05) is 19.6 Å². The lowest BCUT2D eigenvalue weighted by Gasteiger charge is -2.35. The van der Waals surface area contributed by atoms with Gasteiger partial charge in [0.05, 0.1) is 16.9 Å². The summed E-state index contributed by atoms with van der Waals surface area (Å²) in [4.78, 5) is 1.65. The van der Waals surface area contributed by atoms with Crippen LogP contribution >= 0.6 is 0 Å². The van der Waals surface area contributed by atoms with Crippen molar-refractivity contribution in [1.29, 1.82) is 0 Å². The number of fused-ring (bicyclic) bond motifs is 1. The molecule has 1 unspecified atom stereocenters. The second-order valence-electron chi connectivity index (χ2n) is 4.13. The van der Waals surface area contributed by atoms with Crippen LogP contribution in [0.25, 0.3) is 0 Å². The minimum absolute atomic E-state index is 0.154. The van der Waals surface area contributed by atoms with E-state index in [2.05, 4.69) is 5.32 Å². The van der Waals surface area contributed by atoms with Gasteiger partial charge in [-0.25, -0.2) is 0 Å². The van der Waals surface area contributed by atoms with Crippen LogP contribution in [0.5, 0.6) is 0 Å². The third-order valence-corrected chi connectivity index (χ3v) is 2.67. The second kappa shape index (κ2) is 3.57. The molecule has 1 N–H and O–H groups in total. The first-order valence-electron chi connectivity index (χ1n) is 5.07. The summed E-state index contributed by atoms with van der Waals surface area (Å²) < 4.78 is 38.4. The zero-order valence-corrected chi connectivity index (χ0v) is 9.10. The zero-order valence-electron chi connectivity index (χ0n) is 9.10. The summed E-state index contributed by atoms with van der Waals surface area (Å²) in [6.07, 6.45) is -4.30. The van der Waals surface area contributed by atoms with Crippen LogP contribution in [0, 0.1) is 0 Å². The van der Waals surface area contributed by atoms with Gasteiger partial charge >= 0.3 is 6.18 Å². The van der Waals surface area contributed by atoms with Gasteiger partial charge in [-0.1, -0.05) is 6.07 Å². The summed E-state index contributed by atoms with van der Waals surface area (Å²) in [5, 5.41) is 3.06. The lowest BCUT2D eigenvalue weighted by molar-refractivity contribution is -0.137. The predicted octanol–water partition coefficient (Wildman–Crippen LogP) is 2.96. The molecule has 1 aliphatic rings. The van der Waals surface area contributed by atoms with E-state index in [9.17, 15) is 13.2 Å². The fourth-order valence-electron chi connectivity index (χ4n) is 2.11. The smallest absolute Gasteiger partial charge is 0.379 e. The standard InChI is InChI=1S/C11H13F3N2/c1-7-6-16(2)10-8(11(12,13)14)4-3-5-9(10)15-7/h3-5,7,15H,6H2,1-2H3. The lowest BCUT2D eigenvalue weighted by Crippen LogP contribution is -2.38. The second-order valence-corrected chi connectivity index (χ2v) is 4.13. The Labute approximate surface area is 92.1 Å². The molecule has 0 fully saturated rings. The average Bonchev–Trinajstić information content (AvgIpc) is 2.14. The number of hydrogen-bond donors (Lipinski definition) is 1. The quantitative estimate of drug-likeness (QED) is 0.737. The number of rotatable bonds is 0. The van der Waals surface area contributed by atoms with Crippen LogP contribution in [0.1, 0.15) is 12.5 Å². The molecular weight excluding hydrogens is 217 g/mol. The Morgan fingerprint density at radius 1 is 1.38 bits per heavy atom. The predicted molar refractivity (Wildman–Crippen MR) is 57.8 cm³/mol. The Balaban J connectivity index is 2.55. The minimum atomic E-state index is -4.30. The number of para-hydroxylation sites is 1. The van der Waals surface area contributed by atoms with E-state index in [-0.39, 0.29) is 11.7 Å². The molecule has 0 spiro atoms. The van der Waals surface area contributed by atoms with Gasteiger partial charge < -0.3 is 10.2 Å². The van der Waals surface area contributed by atoms with E-state index >= 15 is 0 Å². The molecule has 0 amide bonds. The van der Waals surface area contributed by atoms with Crippen LogP contribution in [0.3, 0.4) is 0 Å². The molecule has 1 aromatic carbocycles. The number of anilines is 2. The lowest BCUT2D eigenvalue weighted by atomic mass is 10.1. The van der Waals surface area contributed by atoms with Crippen LogP contribution in [-0.2, 0) is 6.18 Å². The summed E-state index contributed by atoms with van der Waals surface area (Å²) in [6.45, 7) is 2.51. The van der Waals surface area contributed by atoms with Crippen molar-refractivity contribution < 1.29 is 13.2 Å². The van der Waals surface area contributed by atoms with Crippen molar-refractivity contribution in [3.63, 3.8) is 0 Å². The van der Waals surface area contributed by atoms with Crippen molar-refractivity contribution in [2.75, 3.05) is 23.8 Å². The first kappa shape index (κ1) is 11.1. The van der Waals surface area contributed by atoms with Crippen LogP contribution in [0.4, 0.5) is 24.5 Å². The summed E-state index contributed by atoms with van der Waals surface area (Å²) in [5.41, 5.74) is 0.219. The van der Waals surface area contributed by atoms with Crippen molar-refractivity contribution in [2.24, 2.45) is 0 Å². The van der Waals surface area contributed by atoms with Crippen LogP contribution in [0.15, 0.2) is 18.2 Å². The summed E-state index contributed by atoms with van der Waals surface area (Å²) >= 11 is 0. The number of nitrogens with zero attached hydrogens (tertiary/aromatic N) is 1. The Bertz CT molecular complexity index is 401. The van der Waals surface area contributed by atoms with Crippen molar-refractivity contribution in [2.45, 2.75) is 19.1 Å². The van der Waals surface area contributed by atoms with Gasteiger partial charge in [0.2, 0.25) is 0 Å². The van der Waals surface area contributed by atoms with Crippen LogP contribution in [-0.4, -0.2) is 19.6 Å². The van der Waals surface area contributed by atoms with Gasteiger partial charge in [-0.15, -0.1) is 0 Å². The number of benzene rings is 1. The fourth-order valence-corrected chi connectivity index (χ4v) is 2.11. The highest BCUT2D eigenvalue weighted by molar-refractivity contribution is 5.76. The number of hydrogen-bond acceptors (Lipinski definition) is 2. The molecule has 0 saturated carbocycles. The first-order valence-corrected chi connectivity index (χ1v) is 5.07. The van der Waals surface area contributed by atoms with Gasteiger partial charge in [0.1, 0.15) is 0 Å². The van der Waals surface area contributed by atoms with Gasteiger partial charge in [-0.3, -0.25) is 0 Å². The molecule has 16 heavy (non-hydrogen) atoms. The number of nitrogens with one attached hydrogen (secondary N) is 1. The summed E-state index contributed by atoms with van der Waals surface area (Å²) in [6, 6.07) is 4.38. The van der Waals surface area contributed by atoms with Crippen LogP contribution in [0.2, 0.25) is 0 Å². The highest BCUT2D eigenvalue weighted by Gasteiger charge is 2.36. The molecule has 0 saturated heterocycles. The van der Waals surface area contributed by atoms with Crippen molar-refractivity contribution in [3.05, 3.63) is 23.8 Å². The molecule has 2 nitrogen and oxygen atoms in total. The maximum Gasteiger partial charge on any atom is 0.418 e. The number of halogens is 3. The molecule has 1 heterocycles. The largest absolute Gasteiger partial charge is 0.418 e. The molecule has 1 aromatic rings. The maximum atomic E-state index is 12.8. The Hall–Kier alpha value is -1.39. The first-order chi connectivity index (χ1) is 7.39. The van der Waals surface area contributed by atoms with E-state index in [1.54, 1.807) is 18.0 Å². The van der Waals surface area contributed by atoms with E-state index in [4.69, 9.17) is 0 Å². The molecule has 0 radical (unpaired) electrons. The fraction of sp³-hybridized carbons (Fsp3) is 0.455. The monoisotopic (exact) mass is 230 g/mol. The van der Waals surface area contributed by atoms with Gasteiger partial charge in [-0.05, 0) is 19.1 Å². The molecule has 88 valence electrons. The third kappa shape index (κ3) is 1.81. The van der Waals surface area contributed by atoms with E-state index in [1.165, 1.54) is 6.07 Å². The number of alkyl halides is 3. The molecule has 5 heteroatoms. The Kier molecular flexibility index (Phi) is 2.48. The van der Waals surface area contributed by atoms with E-state index in [0.29, 0.717) is 12.2 Å². The topological polar surface area (TPSA) is 15.3 Å². The average molecular weight is 230 g/mol. The van der Waals surface area contributed by atoms with Crippen LogP contribution < -0.4 is 10.2 Å². The Morgan fingerprint density at radius 2 is 2.06 bits per heavy atom. The molecule has 1 aliphatic heterocycles. The molecule has 0 bridgehead atoms. The molecule has 0 aromatic heterocycles. The van der Waals surface area contributed by atoms with Crippen molar-refractivity contribution in [3.8, 4) is 0 Å². The molecule has 0 aliphatic carbocycles. The van der Waals surface area contributed by atoms with E-state index < -0.39 is 11.7 Å². The molecular formula is C11H13F3N2. The maximum absolute atomic E-state index is 12.8. The molecule has 2 rings (SSSR count). The summed E-state index contributed by atoms with van der Waals surface area (Å²) in [5.74, 6) is 0. The van der Waals surface area contributed by atoms with Crippen molar-refractivity contribution >= 4 is 11.4 Å². The van der Waals surface area contributed by atoms with Gasteiger partial charge in [-0.2, -0.15) is 13.2 Å². The molecule has 1 atom stereocenters. The number of likely N-dealkylation sites (N-methyl/N-ethyl adjacent to an activating group) is 1. The van der Waals surface area contributed by atoms with Gasteiger partial charge in [0.15, 0.2) is 0 Å². The van der Waals surface area contributed by atoms with Crippen molar-refractivity contribution in [1.82, 2.24) is 0 Å². The third-order valence-electron chi connectivity index (χ3n) is 2.67. The highest BCUT2D eigenvalue weighted by atomic mass is 19.4.